The second kappa shape index (κ2) is 12.5. The molecular weight excluding hydrogens is 619 g/mol. The van der Waals surface area contributed by atoms with E-state index in [1.807, 2.05) is 12.1 Å². The summed E-state index contributed by atoms with van der Waals surface area (Å²) in [5.41, 5.74) is 11.9. The van der Waals surface area contributed by atoms with Gasteiger partial charge in [-0.15, -0.1) is 0 Å². The molecule has 2 atom stereocenters. The van der Waals surface area contributed by atoms with Gasteiger partial charge in [0, 0.05) is 27.7 Å². The molecule has 2 unspecified atom stereocenters. The lowest BCUT2D eigenvalue weighted by atomic mass is 9.63. The molecule has 0 saturated heterocycles. The number of para-hydroxylation sites is 3. The van der Waals surface area contributed by atoms with Crippen molar-refractivity contribution in [2.75, 3.05) is 4.90 Å². The summed E-state index contributed by atoms with van der Waals surface area (Å²) in [6.45, 7) is 16.7. The largest absolute Gasteiger partial charge is 0.456 e. The zero-order valence-electron chi connectivity index (χ0n) is 30.9. The number of rotatable bonds is 5. The van der Waals surface area contributed by atoms with Crippen LogP contribution in [0.25, 0.3) is 49.4 Å². The Kier molecular flexibility index (Phi) is 8.02. The standard InChI is InChI=1S/C49H47NO/c1-32-42(48(2,3)4)29-34(30-43(32)49(5,6)7)37-23-15-17-33-18-16-24-40(47(33)37)38-21-11-13-25-44(38)50(35-19-9-8-10-20-35)36-27-28-46-41(31-36)39-22-12-14-26-45(39)51-46/h8-32,42H,1-7H3. The monoisotopic (exact) mass is 665 g/mol. The first-order valence-corrected chi connectivity index (χ1v) is 18.3. The number of anilines is 3. The fraction of sp³-hybridized carbons (Fsp3) is 0.224. The molecule has 8 rings (SSSR count). The topological polar surface area (TPSA) is 16.4 Å². The summed E-state index contributed by atoms with van der Waals surface area (Å²) in [6, 6.07) is 48.1. The molecular formula is C49H47NO. The molecule has 1 aromatic heterocycles. The van der Waals surface area contributed by atoms with Gasteiger partial charge in [0.15, 0.2) is 0 Å². The van der Waals surface area contributed by atoms with Crippen LogP contribution in [0.5, 0.6) is 0 Å². The van der Waals surface area contributed by atoms with E-state index in [2.05, 4.69) is 187 Å². The summed E-state index contributed by atoms with van der Waals surface area (Å²) in [5, 5.41) is 4.77. The predicted molar refractivity (Wildman–Crippen MR) is 219 cm³/mol. The summed E-state index contributed by atoms with van der Waals surface area (Å²) < 4.78 is 6.25. The van der Waals surface area contributed by atoms with Crippen molar-refractivity contribution < 1.29 is 4.42 Å². The van der Waals surface area contributed by atoms with E-state index in [9.17, 15) is 0 Å². The van der Waals surface area contributed by atoms with Gasteiger partial charge in [0.1, 0.15) is 11.2 Å². The first kappa shape index (κ1) is 32.8. The maximum atomic E-state index is 6.25. The Balaban J connectivity index is 1.37. The predicted octanol–water partition coefficient (Wildman–Crippen LogP) is 14.5. The molecule has 0 amide bonds. The van der Waals surface area contributed by atoms with E-state index in [-0.39, 0.29) is 10.8 Å². The molecule has 2 heteroatoms. The second-order valence-corrected chi connectivity index (χ2v) is 16.3. The Morgan fingerprint density at radius 2 is 1.22 bits per heavy atom. The molecule has 254 valence electrons. The van der Waals surface area contributed by atoms with E-state index in [0.29, 0.717) is 11.8 Å². The maximum absolute atomic E-state index is 6.25. The van der Waals surface area contributed by atoms with Crippen molar-refractivity contribution in [3.8, 4) is 11.1 Å². The highest BCUT2D eigenvalue weighted by molar-refractivity contribution is 6.09. The molecule has 0 fully saturated rings. The fourth-order valence-corrected chi connectivity index (χ4v) is 8.51. The average molecular weight is 666 g/mol. The van der Waals surface area contributed by atoms with Crippen molar-refractivity contribution >= 4 is 55.3 Å². The smallest absolute Gasteiger partial charge is 0.135 e. The van der Waals surface area contributed by atoms with Crippen molar-refractivity contribution in [3.05, 3.63) is 157 Å². The lowest BCUT2D eigenvalue weighted by Crippen LogP contribution is -2.32. The molecule has 0 radical (unpaired) electrons. The second-order valence-electron chi connectivity index (χ2n) is 16.3. The molecule has 0 bridgehead atoms. The molecule has 6 aromatic carbocycles. The van der Waals surface area contributed by atoms with Crippen LogP contribution in [0.2, 0.25) is 0 Å². The summed E-state index contributed by atoms with van der Waals surface area (Å²) in [6.07, 6.45) is 5.07. The van der Waals surface area contributed by atoms with Gasteiger partial charge in [0.05, 0.1) is 5.69 Å². The highest BCUT2D eigenvalue weighted by atomic mass is 16.3. The normalized spacial score (nSPS) is 16.8. The summed E-state index contributed by atoms with van der Waals surface area (Å²) in [7, 11) is 0. The van der Waals surface area contributed by atoms with Gasteiger partial charge in [-0.25, -0.2) is 0 Å². The summed E-state index contributed by atoms with van der Waals surface area (Å²) in [5.74, 6) is 0.886. The van der Waals surface area contributed by atoms with Crippen molar-refractivity contribution in [3.63, 3.8) is 0 Å². The molecule has 0 saturated carbocycles. The van der Waals surface area contributed by atoms with Gasteiger partial charge in [-0.3, -0.25) is 0 Å². The molecule has 2 nitrogen and oxygen atoms in total. The molecule has 0 N–H and O–H groups in total. The minimum absolute atomic E-state index is 0.0695. The SMILES string of the molecule is CC1C(C(C)(C)C)=CC(c2cccc3cccc(-c4ccccc4N(c4ccccc4)c4ccc5oc6ccccc6c5c4)c23)=CC1C(C)(C)C. The average Bonchev–Trinajstić information content (AvgIpc) is 3.49. The third kappa shape index (κ3) is 5.87. The van der Waals surface area contributed by atoms with Crippen LogP contribution in [-0.4, -0.2) is 0 Å². The number of furan rings is 1. The van der Waals surface area contributed by atoms with E-state index < -0.39 is 0 Å². The zero-order chi connectivity index (χ0) is 35.5. The van der Waals surface area contributed by atoms with Crippen LogP contribution in [0.1, 0.15) is 54.0 Å². The Morgan fingerprint density at radius 1 is 0.569 bits per heavy atom. The Labute approximate surface area is 302 Å². The van der Waals surface area contributed by atoms with Crippen molar-refractivity contribution in [1.82, 2.24) is 0 Å². The molecule has 0 aliphatic heterocycles. The molecule has 1 heterocycles. The number of hydrogen-bond acceptors (Lipinski definition) is 2. The van der Waals surface area contributed by atoms with Crippen LogP contribution in [0.15, 0.2) is 156 Å². The van der Waals surface area contributed by atoms with Gasteiger partial charge in [-0.2, -0.15) is 0 Å². The van der Waals surface area contributed by atoms with Crippen molar-refractivity contribution in [2.24, 2.45) is 22.7 Å². The van der Waals surface area contributed by atoms with E-state index in [4.69, 9.17) is 4.42 Å². The van der Waals surface area contributed by atoms with Crippen LogP contribution in [0.3, 0.4) is 0 Å². The Morgan fingerprint density at radius 3 is 1.96 bits per heavy atom. The number of fused-ring (bicyclic) bond motifs is 4. The van der Waals surface area contributed by atoms with Crippen molar-refractivity contribution in [1.29, 1.82) is 0 Å². The van der Waals surface area contributed by atoms with Gasteiger partial charge < -0.3 is 9.32 Å². The van der Waals surface area contributed by atoms with Crippen LogP contribution < -0.4 is 4.90 Å². The highest BCUT2D eigenvalue weighted by Crippen LogP contribution is 2.50. The highest BCUT2D eigenvalue weighted by Gasteiger charge is 2.37. The van der Waals surface area contributed by atoms with Gasteiger partial charge in [0.25, 0.3) is 0 Å². The third-order valence-electron chi connectivity index (χ3n) is 10.8. The quantitative estimate of drug-likeness (QED) is 0.182. The number of nitrogens with zero attached hydrogens (tertiary/aromatic N) is 1. The van der Waals surface area contributed by atoms with Crippen LogP contribution in [-0.2, 0) is 0 Å². The van der Waals surface area contributed by atoms with Gasteiger partial charge >= 0.3 is 0 Å². The van der Waals surface area contributed by atoms with Gasteiger partial charge in [0.2, 0.25) is 0 Å². The lowest BCUT2D eigenvalue weighted by Gasteiger charge is -2.42. The van der Waals surface area contributed by atoms with Gasteiger partial charge in [-0.1, -0.05) is 157 Å². The fourth-order valence-electron chi connectivity index (χ4n) is 8.51. The van der Waals surface area contributed by atoms with Crippen LogP contribution >= 0.6 is 0 Å². The Hall–Kier alpha value is -5.34. The summed E-state index contributed by atoms with van der Waals surface area (Å²) >= 11 is 0. The first-order valence-electron chi connectivity index (χ1n) is 18.3. The van der Waals surface area contributed by atoms with Gasteiger partial charge in [-0.05, 0) is 92.6 Å². The van der Waals surface area contributed by atoms with Crippen LogP contribution in [0, 0.1) is 22.7 Å². The number of hydrogen-bond donors (Lipinski definition) is 0. The number of allylic oxidation sites excluding steroid dienone is 4. The molecule has 0 spiro atoms. The van der Waals surface area contributed by atoms with E-state index in [1.54, 1.807) is 0 Å². The minimum atomic E-state index is 0.0695. The number of benzene rings is 6. The Bertz CT molecular complexity index is 2460. The zero-order valence-corrected chi connectivity index (χ0v) is 30.9. The van der Waals surface area contributed by atoms with Crippen LogP contribution in [0.4, 0.5) is 17.1 Å². The lowest BCUT2D eigenvalue weighted by molar-refractivity contribution is 0.219. The first-order chi connectivity index (χ1) is 24.5. The van der Waals surface area contributed by atoms with Crippen molar-refractivity contribution in [2.45, 2.75) is 48.5 Å². The van der Waals surface area contributed by atoms with E-state index in [0.717, 1.165) is 39.0 Å². The molecule has 1 aliphatic carbocycles. The molecule has 7 aromatic rings. The van der Waals surface area contributed by atoms with E-state index in [1.165, 1.54) is 38.6 Å². The van der Waals surface area contributed by atoms with E-state index >= 15 is 0 Å². The maximum Gasteiger partial charge on any atom is 0.135 e. The molecule has 51 heavy (non-hydrogen) atoms. The minimum Gasteiger partial charge on any atom is -0.456 e. The third-order valence-corrected chi connectivity index (χ3v) is 10.8. The molecule has 1 aliphatic rings. The summed E-state index contributed by atoms with van der Waals surface area (Å²) in [4.78, 5) is 2.40.